The van der Waals surface area contributed by atoms with Gasteiger partial charge in [0.25, 0.3) is 0 Å². The molecule has 2 atom stereocenters. The van der Waals surface area contributed by atoms with Crippen LogP contribution in [0.3, 0.4) is 0 Å². The minimum atomic E-state index is -1.08. The van der Waals surface area contributed by atoms with E-state index in [1.54, 1.807) is 0 Å². The van der Waals surface area contributed by atoms with Crippen LogP contribution in [0.4, 0.5) is 4.79 Å². The van der Waals surface area contributed by atoms with Gasteiger partial charge >= 0.3 is 6.16 Å². The van der Waals surface area contributed by atoms with Gasteiger partial charge in [0, 0.05) is 13.7 Å². The van der Waals surface area contributed by atoms with Crippen LogP contribution in [0.15, 0.2) is 30.3 Å². The topological polar surface area (TPSA) is 73.9 Å². The van der Waals surface area contributed by atoms with Crippen LogP contribution in [0.1, 0.15) is 19.4 Å². The Bertz CT molecular complexity index is 449. The van der Waals surface area contributed by atoms with Crippen molar-refractivity contribution in [3.05, 3.63) is 35.9 Å². The van der Waals surface area contributed by atoms with Crippen molar-refractivity contribution in [1.29, 1.82) is 0 Å². The van der Waals surface area contributed by atoms with Gasteiger partial charge in [0.2, 0.25) is 0 Å². The molecule has 6 nitrogen and oxygen atoms in total. The van der Waals surface area contributed by atoms with Gasteiger partial charge in [-0.1, -0.05) is 44.2 Å². The van der Waals surface area contributed by atoms with Gasteiger partial charge in [0.1, 0.15) is 0 Å². The summed E-state index contributed by atoms with van der Waals surface area (Å²) in [4.78, 5) is 22.7. The summed E-state index contributed by atoms with van der Waals surface area (Å²) in [6.07, 6.45) is -2.19. The zero-order valence-electron chi connectivity index (χ0n) is 13.2. The van der Waals surface area contributed by atoms with Gasteiger partial charge in [-0.15, -0.1) is 0 Å². The summed E-state index contributed by atoms with van der Waals surface area (Å²) in [6, 6.07) is 9.62. The van der Waals surface area contributed by atoms with E-state index in [1.165, 1.54) is 7.11 Å². The molecule has 6 heteroatoms. The Balaban J connectivity index is 2.50. The molecule has 22 heavy (non-hydrogen) atoms. The van der Waals surface area contributed by atoms with Gasteiger partial charge in [0.05, 0.1) is 6.61 Å². The second-order valence-electron chi connectivity index (χ2n) is 5.20. The molecule has 1 aromatic carbocycles. The highest BCUT2D eigenvalue weighted by molar-refractivity contribution is 5.66. The van der Waals surface area contributed by atoms with Crippen molar-refractivity contribution in [3.8, 4) is 0 Å². The fourth-order valence-corrected chi connectivity index (χ4v) is 1.69. The van der Waals surface area contributed by atoms with Crippen molar-refractivity contribution in [2.45, 2.75) is 32.7 Å². The maximum atomic E-state index is 11.5. The van der Waals surface area contributed by atoms with Crippen LogP contribution in [-0.4, -0.2) is 38.5 Å². The van der Waals surface area contributed by atoms with Crippen molar-refractivity contribution in [2.24, 2.45) is 5.92 Å². The number of aldehydes is 1. The van der Waals surface area contributed by atoms with Gasteiger partial charge in [-0.25, -0.2) is 4.79 Å². The maximum absolute atomic E-state index is 11.5. The summed E-state index contributed by atoms with van der Waals surface area (Å²) in [5.41, 5.74) is 1.02. The minimum Gasteiger partial charge on any atom is -0.434 e. The number of rotatable bonds is 9. The molecule has 0 bridgehead atoms. The molecule has 0 aromatic heterocycles. The third-order valence-corrected chi connectivity index (χ3v) is 2.80. The first-order chi connectivity index (χ1) is 10.6. The maximum Gasteiger partial charge on any atom is 0.509 e. The van der Waals surface area contributed by atoms with Crippen molar-refractivity contribution >= 4 is 12.4 Å². The van der Waals surface area contributed by atoms with Crippen LogP contribution in [0, 0.1) is 5.92 Å². The molecule has 0 radical (unpaired) electrons. The molecular formula is C16H23NO5. The van der Waals surface area contributed by atoms with Crippen molar-refractivity contribution in [1.82, 2.24) is 5.32 Å². The van der Waals surface area contributed by atoms with Crippen LogP contribution in [0.5, 0.6) is 0 Å². The molecule has 0 heterocycles. The summed E-state index contributed by atoms with van der Waals surface area (Å²) in [6.45, 7) is 4.53. The number of benzene rings is 1. The highest BCUT2D eigenvalue weighted by Crippen LogP contribution is 2.05. The average Bonchev–Trinajstić information content (AvgIpc) is 2.53. The SMILES string of the molecule is COC(NCc1ccccc1)C(C=O)OC(=O)OCC(C)C. The first-order valence-electron chi connectivity index (χ1n) is 7.15. The molecule has 0 aliphatic heterocycles. The van der Waals surface area contributed by atoms with Crippen molar-refractivity contribution in [2.75, 3.05) is 13.7 Å². The van der Waals surface area contributed by atoms with E-state index in [1.807, 2.05) is 44.2 Å². The third kappa shape index (κ3) is 6.69. The molecule has 2 unspecified atom stereocenters. The molecule has 0 spiro atoms. The van der Waals surface area contributed by atoms with E-state index >= 15 is 0 Å². The number of ether oxygens (including phenoxy) is 3. The Morgan fingerprint density at radius 2 is 1.95 bits per heavy atom. The molecule has 0 amide bonds. The van der Waals surface area contributed by atoms with Gasteiger partial charge in [0.15, 0.2) is 18.6 Å². The number of methoxy groups -OCH3 is 1. The largest absolute Gasteiger partial charge is 0.509 e. The molecule has 122 valence electrons. The summed E-state index contributed by atoms with van der Waals surface area (Å²) in [5, 5.41) is 3.02. The highest BCUT2D eigenvalue weighted by atomic mass is 16.7. The first kappa shape index (κ1) is 18.1. The number of nitrogens with one attached hydrogen (secondary N) is 1. The summed E-state index contributed by atoms with van der Waals surface area (Å²) in [5.74, 6) is 0.191. The lowest BCUT2D eigenvalue weighted by molar-refractivity contribution is -0.127. The quantitative estimate of drug-likeness (QED) is 0.428. The molecule has 0 aliphatic rings. The standard InChI is InChI=1S/C16H23NO5/c1-12(2)11-21-16(19)22-14(10-18)15(20-3)17-9-13-7-5-4-6-8-13/h4-8,10,12,14-15,17H,9,11H2,1-3H3. The molecule has 0 saturated heterocycles. The fourth-order valence-electron chi connectivity index (χ4n) is 1.69. The normalized spacial score (nSPS) is 13.5. The van der Waals surface area contributed by atoms with E-state index in [-0.39, 0.29) is 12.5 Å². The average molecular weight is 309 g/mol. The van der Waals surface area contributed by atoms with E-state index in [2.05, 4.69) is 5.32 Å². The second-order valence-corrected chi connectivity index (χ2v) is 5.20. The van der Waals surface area contributed by atoms with Gasteiger partial charge < -0.3 is 14.2 Å². The third-order valence-electron chi connectivity index (χ3n) is 2.80. The van der Waals surface area contributed by atoms with Crippen LogP contribution in [0.25, 0.3) is 0 Å². The van der Waals surface area contributed by atoms with Gasteiger partial charge in [-0.3, -0.25) is 10.1 Å². The van der Waals surface area contributed by atoms with Crippen LogP contribution in [0.2, 0.25) is 0 Å². The minimum absolute atomic E-state index is 0.191. The van der Waals surface area contributed by atoms with Crippen LogP contribution in [-0.2, 0) is 25.5 Å². The Hall–Kier alpha value is -1.92. The zero-order chi connectivity index (χ0) is 16.4. The lowest BCUT2D eigenvalue weighted by atomic mass is 10.2. The van der Waals surface area contributed by atoms with Crippen LogP contribution >= 0.6 is 0 Å². The van der Waals surface area contributed by atoms with Crippen molar-refractivity contribution < 1.29 is 23.8 Å². The summed E-state index contributed by atoms with van der Waals surface area (Å²) < 4.78 is 15.0. The van der Waals surface area contributed by atoms with Crippen molar-refractivity contribution in [3.63, 3.8) is 0 Å². The number of hydrogen-bond donors (Lipinski definition) is 1. The Labute approximate surface area is 130 Å². The van der Waals surface area contributed by atoms with Gasteiger partial charge in [-0.2, -0.15) is 0 Å². The van der Waals surface area contributed by atoms with E-state index in [0.29, 0.717) is 12.8 Å². The molecule has 0 fully saturated rings. The molecule has 0 saturated carbocycles. The van der Waals surface area contributed by atoms with E-state index < -0.39 is 18.5 Å². The summed E-state index contributed by atoms with van der Waals surface area (Å²) in [7, 11) is 1.43. The zero-order valence-corrected chi connectivity index (χ0v) is 13.2. The Morgan fingerprint density at radius 3 is 2.50 bits per heavy atom. The molecular weight excluding hydrogens is 286 g/mol. The number of hydrogen-bond acceptors (Lipinski definition) is 6. The number of carbonyl (C=O) groups is 2. The number of carbonyl (C=O) groups excluding carboxylic acids is 2. The highest BCUT2D eigenvalue weighted by Gasteiger charge is 2.25. The predicted octanol–water partition coefficient (Wildman–Crippen LogP) is 2.13. The molecule has 1 rings (SSSR count). The fraction of sp³-hybridized carbons (Fsp3) is 0.500. The lowest BCUT2D eigenvalue weighted by Gasteiger charge is -2.22. The summed E-state index contributed by atoms with van der Waals surface area (Å²) >= 11 is 0. The molecule has 0 aliphatic carbocycles. The molecule has 1 aromatic rings. The predicted molar refractivity (Wildman–Crippen MR) is 81.2 cm³/mol. The molecule has 1 N–H and O–H groups in total. The monoisotopic (exact) mass is 309 g/mol. The second kappa shape index (κ2) is 9.92. The smallest absolute Gasteiger partial charge is 0.434 e. The van der Waals surface area contributed by atoms with E-state index in [4.69, 9.17) is 14.2 Å². The van der Waals surface area contributed by atoms with E-state index in [0.717, 1.165) is 5.56 Å². The Kier molecular flexibility index (Phi) is 8.17. The van der Waals surface area contributed by atoms with Gasteiger partial charge in [-0.05, 0) is 11.5 Å². The Morgan fingerprint density at radius 1 is 1.27 bits per heavy atom. The van der Waals surface area contributed by atoms with E-state index in [9.17, 15) is 9.59 Å². The first-order valence-corrected chi connectivity index (χ1v) is 7.15. The lowest BCUT2D eigenvalue weighted by Crippen LogP contribution is -2.44. The van der Waals surface area contributed by atoms with Crippen LogP contribution < -0.4 is 5.32 Å².